The lowest BCUT2D eigenvalue weighted by molar-refractivity contribution is -0.116. The van der Waals surface area contributed by atoms with Crippen molar-refractivity contribution in [1.29, 1.82) is 0 Å². The van der Waals surface area contributed by atoms with Gasteiger partial charge in [0.2, 0.25) is 11.8 Å². The van der Waals surface area contributed by atoms with Gasteiger partial charge in [-0.2, -0.15) is 0 Å². The van der Waals surface area contributed by atoms with Crippen molar-refractivity contribution in [2.24, 2.45) is 0 Å². The molecule has 1 saturated carbocycles. The molecule has 1 aliphatic carbocycles. The maximum atomic E-state index is 12.0. The van der Waals surface area contributed by atoms with Gasteiger partial charge in [0.1, 0.15) is 0 Å². The minimum absolute atomic E-state index is 0.0581. The summed E-state index contributed by atoms with van der Waals surface area (Å²) in [5.41, 5.74) is 3.04. The van der Waals surface area contributed by atoms with Crippen molar-refractivity contribution < 1.29 is 14.4 Å². The summed E-state index contributed by atoms with van der Waals surface area (Å²) in [6.45, 7) is 1.81. The van der Waals surface area contributed by atoms with E-state index in [0.717, 1.165) is 24.0 Å². The molecule has 144 valence electrons. The highest BCUT2D eigenvalue weighted by molar-refractivity contribution is 5.95. The van der Waals surface area contributed by atoms with E-state index in [4.69, 9.17) is 0 Å². The van der Waals surface area contributed by atoms with Crippen LogP contribution in [0.5, 0.6) is 0 Å². The van der Waals surface area contributed by atoms with Gasteiger partial charge in [0, 0.05) is 36.8 Å². The van der Waals surface area contributed by atoms with Crippen LogP contribution in [0.25, 0.3) is 6.08 Å². The van der Waals surface area contributed by atoms with E-state index in [9.17, 15) is 14.4 Å². The van der Waals surface area contributed by atoms with Crippen LogP contribution < -0.4 is 16.0 Å². The predicted octanol–water partition coefficient (Wildman–Crippen LogP) is 2.87. The Hall–Kier alpha value is -3.41. The third-order valence-electron chi connectivity index (χ3n) is 4.23. The standard InChI is InChI=1S/C22H23N3O3/c1-15(26)24-20-4-2-3-17(13-20)14-23-21(27)12-7-16-5-8-18(9-6-16)22(28)25-19-10-11-19/h2-9,12-13,19H,10-11,14H2,1H3,(H,23,27)(H,24,26)(H,25,28)/b12-7+. The normalized spacial score (nSPS) is 13.2. The van der Waals surface area contributed by atoms with Gasteiger partial charge in [-0.1, -0.05) is 24.3 Å². The van der Waals surface area contributed by atoms with Crippen molar-refractivity contribution >= 4 is 29.5 Å². The van der Waals surface area contributed by atoms with Crippen molar-refractivity contribution in [2.75, 3.05) is 5.32 Å². The zero-order chi connectivity index (χ0) is 19.9. The van der Waals surface area contributed by atoms with Crippen LogP contribution in [0.3, 0.4) is 0 Å². The van der Waals surface area contributed by atoms with E-state index in [1.165, 1.54) is 13.0 Å². The summed E-state index contributed by atoms with van der Waals surface area (Å²) in [4.78, 5) is 35.1. The van der Waals surface area contributed by atoms with E-state index in [0.29, 0.717) is 23.8 Å². The largest absolute Gasteiger partial charge is 0.349 e. The first-order valence-electron chi connectivity index (χ1n) is 9.23. The molecule has 1 aliphatic rings. The Labute approximate surface area is 164 Å². The quantitative estimate of drug-likeness (QED) is 0.649. The zero-order valence-corrected chi connectivity index (χ0v) is 15.7. The molecule has 0 spiro atoms. The molecule has 0 unspecified atom stereocenters. The van der Waals surface area contributed by atoms with Gasteiger partial charge in [-0.25, -0.2) is 0 Å². The van der Waals surface area contributed by atoms with Crippen LogP contribution in [0.15, 0.2) is 54.6 Å². The highest BCUT2D eigenvalue weighted by Gasteiger charge is 2.23. The Balaban J connectivity index is 1.49. The maximum Gasteiger partial charge on any atom is 0.251 e. The van der Waals surface area contributed by atoms with E-state index in [1.807, 2.05) is 30.3 Å². The Bertz CT molecular complexity index is 899. The summed E-state index contributed by atoms with van der Waals surface area (Å²) in [7, 11) is 0. The number of rotatable bonds is 7. The molecule has 0 heterocycles. The van der Waals surface area contributed by atoms with Gasteiger partial charge in [0.15, 0.2) is 0 Å². The summed E-state index contributed by atoms with van der Waals surface area (Å²) in [5, 5.41) is 8.46. The molecular weight excluding hydrogens is 354 g/mol. The van der Waals surface area contributed by atoms with Gasteiger partial charge < -0.3 is 16.0 Å². The highest BCUT2D eigenvalue weighted by Crippen LogP contribution is 2.19. The monoisotopic (exact) mass is 377 g/mol. The summed E-state index contributed by atoms with van der Waals surface area (Å²) < 4.78 is 0. The lowest BCUT2D eigenvalue weighted by atomic mass is 10.1. The van der Waals surface area contributed by atoms with Crippen LogP contribution in [-0.4, -0.2) is 23.8 Å². The smallest absolute Gasteiger partial charge is 0.251 e. The molecule has 1 fully saturated rings. The average Bonchev–Trinajstić information content (AvgIpc) is 3.49. The Morgan fingerprint density at radius 1 is 1.07 bits per heavy atom. The Kier molecular flexibility index (Phi) is 6.22. The highest BCUT2D eigenvalue weighted by atomic mass is 16.2. The first-order chi connectivity index (χ1) is 13.5. The number of hydrogen-bond acceptors (Lipinski definition) is 3. The second-order valence-corrected chi connectivity index (χ2v) is 6.80. The van der Waals surface area contributed by atoms with Gasteiger partial charge in [-0.15, -0.1) is 0 Å². The molecule has 0 aliphatic heterocycles. The summed E-state index contributed by atoms with van der Waals surface area (Å²) in [6, 6.07) is 14.8. The number of anilines is 1. The van der Waals surface area contributed by atoms with E-state index in [2.05, 4.69) is 16.0 Å². The van der Waals surface area contributed by atoms with Crippen LogP contribution in [0.1, 0.15) is 41.3 Å². The third kappa shape index (κ3) is 6.09. The fourth-order valence-electron chi connectivity index (χ4n) is 2.62. The average molecular weight is 377 g/mol. The van der Waals surface area contributed by atoms with Crippen molar-refractivity contribution in [3.63, 3.8) is 0 Å². The van der Waals surface area contributed by atoms with E-state index in [1.54, 1.807) is 24.3 Å². The maximum absolute atomic E-state index is 12.0. The fraction of sp³-hybridized carbons (Fsp3) is 0.227. The minimum Gasteiger partial charge on any atom is -0.349 e. The predicted molar refractivity (Wildman–Crippen MR) is 109 cm³/mol. The van der Waals surface area contributed by atoms with Crippen molar-refractivity contribution in [2.45, 2.75) is 32.4 Å². The molecule has 3 amide bonds. The molecule has 0 atom stereocenters. The van der Waals surface area contributed by atoms with E-state index < -0.39 is 0 Å². The molecule has 0 saturated heterocycles. The van der Waals surface area contributed by atoms with Crippen molar-refractivity contribution in [3.8, 4) is 0 Å². The van der Waals surface area contributed by atoms with E-state index in [-0.39, 0.29) is 17.7 Å². The number of hydrogen-bond donors (Lipinski definition) is 3. The molecule has 2 aromatic carbocycles. The topological polar surface area (TPSA) is 87.3 Å². The van der Waals surface area contributed by atoms with Gasteiger partial charge in [-0.3, -0.25) is 14.4 Å². The second kappa shape index (κ2) is 8.99. The Morgan fingerprint density at radius 3 is 2.50 bits per heavy atom. The molecule has 3 N–H and O–H groups in total. The third-order valence-corrected chi connectivity index (χ3v) is 4.23. The molecule has 0 radical (unpaired) electrons. The molecule has 0 bridgehead atoms. The molecule has 6 nitrogen and oxygen atoms in total. The van der Waals surface area contributed by atoms with Gasteiger partial charge in [0.25, 0.3) is 5.91 Å². The number of carbonyl (C=O) groups excluding carboxylic acids is 3. The van der Waals surface area contributed by atoms with Crippen molar-refractivity contribution in [3.05, 3.63) is 71.3 Å². The number of nitrogens with one attached hydrogen (secondary N) is 3. The first kappa shape index (κ1) is 19.4. The zero-order valence-electron chi connectivity index (χ0n) is 15.7. The minimum atomic E-state index is -0.222. The van der Waals surface area contributed by atoms with Gasteiger partial charge in [0.05, 0.1) is 0 Å². The molecule has 2 aromatic rings. The summed E-state index contributed by atoms with van der Waals surface area (Å²) in [5.74, 6) is -0.419. The van der Waals surface area contributed by atoms with Crippen LogP contribution in [-0.2, 0) is 16.1 Å². The SMILES string of the molecule is CC(=O)Nc1cccc(CNC(=O)/C=C/c2ccc(C(=O)NC3CC3)cc2)c1. The molecule has 3 rings (SSSR count). The van der Waals surface area contributed by atoms with Crippen LogP contribution in [0.4, 0.5) is 5.69 Å². The second-order valence-electron chi connectivity index (χ2n) is 6.80. The number of amides is 3. The van der Waals surface area contributed by atoms with Crippen LogP contribution in [0.2, 0.25) is 0 Å². The van der Waals surface area contributed by atoms with Crippen LogP contribution in [0, 0.1) is 0 Å². The number of carbonyl (C=O) groups is 3. The molecule has 0 aromatic heterocycles. The summed E-state index contributed by atoms with van der Waals surface area (Å²) >= 11 is 0. The first-order valence-corrected chi connectivity index (χ1v) is 9.23. The van der Waals surface area contributed by atoms with Gasteiger partial charge >= 0.3 is 0 Å². The van der Waals surface area contributed by atoms with E-state index >= 15 is 0 Å². The fourth-order valence-corrected chi connectivity index (χ4v) is 2.62. The molecule has 28 heavy (non-hydrogen) atoms. The van der Waals surface area contributed by atoms with Gasteiger partial charge in [-0.05, 0) is 54.3 Å². The lowest BCUT2D eigenvalue weighted by Crippen LogP contribution is -2.25. The summed E-state index contributed by atoms with van der Waals surface area (Å²) in [6.07, 6.45) is 5.26. The number of benzene rings is 2. The molecular formula is C22H23N3O3. The van der Waals surface area contributed by atoms with Crippen LogP contribution >= 0.6 is 0 Å². The Morgan fingerprint density at radius 2 is 1.82 bits per heavy atom. The van der Waals surface area contributed by atoms with Crippen molar-refractivity contribution in [1.82, 2.24) is 10.6 Å². The lowest BCUT2D eigenvalue weighted by Gasteiger charge is -2.06. The molecule has 6 heteroatoms.